The predicted molar refractivity (Wildman–Crippen MR) is 108 cm³/mol. The number of carbonyl (C=O) groups excluding carboxylic acids is 4. The largest absolute Gasteiger partial charge is 0.454 e. The molecule has 0 fully saturated rings. The van der Waals surface area contributed by atoms with Gasteiger partial charge < -0.3 is 4.74 Å². The van der Waals surface area contributed by atoms with Crippen molar-refractivity contribution in [3.8, 4) is 0 Å². The molecular formula is C24H16FNO5. The topological polar surface area (TPSA) is 80.8 Å². The number of imide groups is 1. The molecule has 0 saturated carbocycles. The highest BCUT2D eigenvalue weighted by atomic mass is 19.1. The third-order valence-electron chi connectivity index (χ3n) is 4.89. The maximum atomic E-state index is 13.0. The Morgan fingerprint density at radius 2 is 1.45 bits per heavy atom. The Bertz CT molecular complexity index is 1190. The van der Waals surface area contributed by atoms with Crippen molar-refractivity contribution in [2.45, 2.75) is 6.54 Å². The lowest BCUT2D eigenvalue weighted by atomic mass is 10.1. The zero-order valence-corrected chi connectivity index (χ0v) is 16.2. The summed E-state index contributed by atoms with van der Waals surface area (Å²) in [5.74, 6) is -2.71. The van der Waals surface area contributed by atoms with Crippen LogP contribution in [-0.2, 0) is 11.3 Å². The Morgan fingerprint density at radius 3 is 2.16 bits per heavy atom. The van der Waals surface area contributed by atoms with Crippen LogP contribution in [0, 0.1) is 5.82 Å². The Morgan fingerprint density at radius 1 is 0.806 bits per heavy atom. The first-order valence-electron chi connectivity index (χ1n) is 9.44. The van der Waals surface area contributed by atoms with Gasteiger partial charge in [-0.3, -0.25) is 19.3 Å². The SMILES string of the molecule is O=C(COC(=O)c1ccc2c(c1)C(=O)N(Cc1ccccc1)C2=O)c1ccc(F)cc1. The van der Waals surface area contributed by atoms with E-state index in [0.29, 0.717) is 0 Å². The quantitative estimate of drug-likeness (QED) is 0.347. The van der Waals surface area contributed by atoms with Crippen LogP contribution in [0.2, 0.25) is 0 Å². The first-order valence-corrected chi connectivity index (χ1v) is 9.44. The molecule has 7 heteroatoms. The Labute approximate surface area is 176 Å². The molecule has 0 aromatic heterocycles. The van der Waals surface area contributed by atoms with Crippen LogP contribution >= 0.6 is 0 Å². The molecular weight excluding hydrogens is 401 g/mol. The fraction of sp³-hybridized carbons (Fsp3) is 0.0833. The van der Waals surface area contributed by atoms with Gasteiger partial charge in [-0.05, 0) is 48.0 Å². The normalized spacial score (nSPS) is 12.6. The molecule has 3 aromatic carbocycles. The van der Waals surface area contributed by atoms with Gasteiger partial charge in [-0.1, -0.05) is 30.3 Å². The molecule has 0 radical (unpaired) electrons. The van der Waals surface area contributed by atoms with E-state index in [1.165, 1.54) is 30.3 Å². The van der Waals surface area contributed by atoms with Gasteiger partial charge in [-0.25, -0.2) is 9.18 Å². The lowest BCUT2D eigenvalue weighted by molar-refractivity contribution is 0.0474. The van der Waals surface area contributed by atoms with Gasteiger partial charge >= 0.3 is 5.97 Å². The van der Waals surface area contributed by atoms with Gasteiger partial charge in [0.2, 0.25) is 0 Å². The predicted octanol–water partition coefficient (Wildman–Crippen LogP) is 3.66. The van der Waals surface area contributed by atoms with Gasteiger partial charge in [0.15, 0.2) is 12.4 Å². The number of hydrogen-bond acceptors (Lipinski definition) is 5. The molecule has 4 rings (SSSR count). The second kappa shape index (κ2) is 8.31. The average molecular weight is 417 g/mol. The summed E-state index contributed by atoms with van der Waals surface area (Å²) in [5.41, 5.74) is 1.38. The number of ketones is 1. The molecule has 2 amide bonds. The number of hydrogen-bond donors (Lipinski definition) is 0. The molecule has 1 heterocycles. The van der Waals surface area contributed by atoms with E-state index in [1.807, 2.05) is 30.3 Å². The summed E-state index contributed by atoms with van der Waals surface area (Å²) >= 11 is 0. The number of benzene rings is 3. The van der Waals surface area contributed by atoms with E-state index < -0.39 is 36.0 Å². The summed E-state index contributed by atoms with van der Waals surface area (Å²) in [7, 11) is 0. The fourth-order valence-electron chi connectivity index (χ4n) is 3.26. The highest BCUT2D eigenvalue weighted by molar-refractivity contribution is 6.21. The summed E-state index contributed by atoms with van der Waals surface area (Å²) in [6.45, 7) is -0.409. The summed E-state index contributed by atoms with van der Waals surface area (Å²) in [4.78, 5) is 50.9. The van der Waals surface area contributed by atoms with E-state index in [-0.39, 0.29) is 28.8 Å². The number of carbonyl (C=O) groups is 4. The van der Waals surface area contributed by atoms with Crippen molar-refractivity contribution in [1.29, 1.82) is 0 Å². The minimum Gasteiger partial charge on any atom is -0.454 e. The van der Waals surface area contributed by atoms with E-state index in [4.69, 9.17) is 4.74 Å². The maximum Gasteiger partial charge on any atom is 0.338 e. The first-order chi connectivity index (χ1) is 14.9. The van der Waals surface area contributed by atoms with Gasteiger partial charge in [0, 0.05) is 5.56 Å². The number of ether oxygens (including phenoxy) is 1. The average Bonchev–Trinajstić information content (AvgIpc) is 3.02. The summed E-state index contributed by atoms with van der Waals surface area (Å²) in [5, 5.41) is 0. The van der Waals surface area contributed by atoms with Gasteiger partial charge in [0.25, 0.3) is 11.8 Å². The summed E-state index contributed by atoms with van der Waals surface area (Å²) in [6.07, 6.45) is 0. The van der Waals surface area contributed by atoms with E-state index >= 15 is 0 Å². The van der Waals surface area contributed by atoms with Crippen molar-refractivity contribution < 1.29 is 28.3 Å². The van der Waals surface area contributed by atoms with E-state index in [2.05, 4.69) is 0 Å². The molecule has 31 heavy (non-hydrogen) atoms. The van der Waals surface area contributed by atoms with Crippen LogP contribution in [0.1, 0.15) is 47.0 Å². The number of amides is 2. The van der Waals surface area contributed by atoms with E-state index in [1.54, 1.807) is 0 Å². The molecule has 1 aliphatic rings. The maximum absolute atomic E-state index is 13.0. The summed E-state index contributed by atoms with van der Waals surface area (Å²) in [6, 6.07) is 18.0. The Kier molecular flexibility index (Phi) is 5.41. The monoisotopic (exact) mass is 417 g/mol. The minimum atomic E-state index is -0.806. The van der Waals surface area contributed by atoms with Crippen molar-refractivity contribution in [3.63, 3.8) is 0 Å². The van der Waals surface area contributed by atoms with Crippen LogP contribution < -0.4 is 0 Å². The molecule has 0 N–H and O–H groups in total. The highest BCUT2D eigenvalue weighted by Crippen LogP contribution is 2.26. The molecule has 6 nitrogen and oxygen atoms in total. The third-order valence-corrected chi connectivity index (χ3v) is 4.89. The zero-order valence-electron chi connectivity index (χ0n) is 16.2. The Hall–Kier alpha value is -4.13. The van der Waals surface area contributed by atoms with Crippen molar-refractivity contribution in [2.75, 3.05) is 6.61 Å². The van der Waals surface area contributed by atoms with Crippen LogP contribution in [0.5, 0.6) is 0 Å². The molecule has 1 aliphatic heterocycles. The number of rotatable bonds is 6. The molecule has 0 bridgehead atoms. The molecule has 0 aliphatic carbocycles. The standard InChI is InChI=1S/C24H16FNO5/c25-18-9-6-16(7-10-18)21(27)14-31-24(30)17-8-11-19-20(12-17)23(29)26(22(19)28)13-15-4-2-1-3-5-15/h1-12H,13-14H2. The van der Waals surface area contributed by atoms with Crippen LogP contribution in [-0.4, -0.2) is 35.1 Å². The number of halogens is 1. The van der Waals surface area contributed by atoms with Crippen molar-refractivity contribution in [2.24, 2.45) is 0 Å². The van der Waals surface area contributed by atoms with Crippen LogP contribution in [0.25, 0.3) is 0 Å². The van der Waals surface area contributed by atoms with Gasteiger partial charge in [-0.2, -0.15) is 0 Å². The molecule has 0 unspecified atom stereocenters. The Balaban J connectivity index is 1.46. The number of fused-ring (bicyclic) bond motifs is 1. The zero-order chi connectivity index (χ0) is 22.0. The first kappa shape index (κ1) is 20.2. The second-order valence-electron chi connectivity index (χ2n) is 6.95. The number of esters is 1. The van der Waals surface area contributed by atoms with Crippen LogP contribution in [0.15, 0.2) is 72.8 Å². The lowest BCUT2D eigenvalue weighted by Gasteiger charge is -2.13. The van der Waals surface area contributed by atoms with E-state index in [9.17, 15) is 23.6 Å². The molecule has 0 spiro atoms. The van der Waals surface area contributed by atoms with Crippen molar-refractivity contribution in [1.82, 2.24) is 4.90 Å². The second-order valence-corrected chi connectivity index (χ2v) is 6.95. The lowest BCUT2D eigenvalue weighted by Crippen LogP contribution is -2.29. The number of Topliss-reactive ketones (excluding diaryl/α,β-unsaturated/α-hetero) is 1. The molecule has 154 valence electrons. The molecule has 3 aromatic rings. The van der Waals surface area contributed by atoms with Crippen molar-refractivity contribution >= 4 is 23.6 Å². The van der Waals surface area contributed by atoms with Crippen molar-refractivity contribution in [3.05, 3.63) is 106 Å². The van der Waals surface area contributed by atoms with E-state index in [0.717, 1.165) is 22.6 Å². The highest BCUT2D eigenvalue weighted by Gasteiger charge is 2.36. The smallest absolute Gasteiger partial charge is 0.338 e. The minimum absolute atomic E-state index is 0.0494. The van der Waals surface area contributed by atoms with Crippen LogP contribution in [0.3, 0.4) is 0 Å². The fourth-order valence-corrected chi connectivity index (χ4v) is 3.26. The van der Waals surface area contributed by atoms with Crippen LogP contribution in [0.4, 0.5) is 4.39 Å². The van der Waals surface area contributed by atoms with Gasteiger partial charge in [0.05, 0.1) is 23.2 Å². The molecule has 0 saturated heterocycles. The number of nitrogens with zero attached hydrogens (tertiary/aromatic N) is 1. The molecule has 0 atom stereocenters. The summed E-state index contributed by atoms with van der Waals surface area (Å²) < 4.78 is 18.0. The van der Waals surface area contributed by atoms with Gasteiger partial charge in [0.1, 0.15) is 5.82 Å². The third kappa shape index (κ3) is 4.11. The van der Waals surface area contributed by atoms with Gasteiger partial charge in [-0.15, -0.1) is 0 Å².